The number of carboxylic acids is 1. The first-order chi connectivity index (χ1) is 19.4. The molecule has 4 heterocycles. The van der Waals surface area contributed by atoms with Crippen LogP contribution in [0.5, 0.6) is 5.75 Å². The minimum Gasteiger partial charge on any atom is -0.494 e. The van der Waals surface area contributed by atoms with E-state index in [1.807, 2.05) is 0 Å². The van der Waals surface area contributed by atoms with E-state index < -0.39 is 11.8 Å². The highest BCUT2D eigenvalue weighted by Gasteiger charge is 2.43. The minimum absolute atomic E-state index is 0.0298. The van der Waals surface area contributed by atoms with Crippen LogP contribution in [0.15, 0.2) is 34.9 Å². The van der Waals surface area contributed by atoms with Gasteiger partial charge in [0.15, 0.2) is 5.13 Å². The molecule has 0 spiro atoms. The smallest absolute Gasteiger partial charge is 0.335 e. The first-order valence-corrected chi connectivity index (χ1v) is 14.6. The quantitative estimate of drug-likeness (QED) is 0.236. The molecule has 2 unspecified atom stereocenters. The van der Waals surface area contributed by atoms with Gasteiger partial charge in [-0.3, -0.25) is 0 Å². The van der Waals surface area contributed by atoms with Gasteiger partial charge >= 0.3 is 5.97 Å². The van der Waals surface area contributed by atoms with E-state index in [2.05, 4.69) is 10.1 Å². The van der Waals surface area contributed by atoms with Crippen LogP contribution in [0.25, 0.3) is 21.5 Å². The van der Waals surface area contributed by atoms with Crippen molar-refractivity contribution in [2.24, 2.45) is 0 Å². The second-order valence-electron chi connectivity index (χ2n) is 10.8. The fraction of sp³-hybridized carbons (Fsp3) is 0.414. The second kappa shape index (κ2) is 10.0. The number of nitrogens with zero attached hydrogens (tertiary/aromatic N) is 3. The van der Waals surface area contributed by atoms with Crippen molar-refractivity contribution in [3.8, 4) is 17.0 Å². The molecular formula is C29H27ClFN3O5S. The van der Waals surface area contributed by atoms with Crippen molar-refractivity contribution in [1.82, 2.24) is 10.1 Å². The van der Waals surface area contributed by atoms with Crippen molar-refractivity contribution in [2.45, 2.75) is 69.2 Å². The molecule has 3 aliphatic rings. The summed E-state index contributed by atoms with van der Waals surface area (Å²) in [6, 6.07) is 8.32. The lowest BCUT2D eigenvalue weighted by molar-refractivity contribution is 0.0147. The molecule has 7 rings (SSSR count). The number of carboxylic acid groups (broad SMARTS) is 1. The Balaban J connectivity index is 1.11. The molecule has 8 nitrogen and oxygen atoms in total. The van der Waals surface area contributed by atoms with E-state index in [-0.39, 0.29) is 35.9 Å². The van der Waals surface area contributed by atoms with Crippen LogP contribution >= 0.6 is 22.9 Å². The van der Waals surface area contributed by atoms with Crippen LogP contribution in [0, 0.1) is 5.82 Å². The summed E-state index contributed by atoms with van der Waals surface area (Å²) in [5.41, 5.74) is 2.34. The first kappa shape index (κ1) is 25.7. The summed E-state index contributed by atoms with van der Waals surface area (Å²) in [7, 11) is 1.53. The molecule has 11 heteroatoms. The number of rotatable bonds is 8. The largest absolute Gasteiger partial charge is 0.494 e. The van der Waals surface area contributed by atoms with E-state index in [9.17, 15) is 14.3 Å². The number of hydrogen-bond donors (Lipinski definition) is 1. The maximum Gasteiger partial charge on any atom is 0.335 e. The van der Waals surface area contributed by atoms with Gasteiger partial charge in [0.2, 0.25) is 0 Å². The summed E-state index contributed by atoms with van der Waals surface area (Å²) in [6.07, 6.45) is 5.82. The molecule has 2 aromatic carbocycles. The first-order valence-electron chi connectivity index (χ1n) is 13.5. The normalized spacial score (nSPS) is 22.3. The number of aromatic nitrogens is 2. The van der Waals surface area contributed by atoms with Gasteiger partial charge < -0.3 is 24.0 Å². The van der Waals surface area contributed by atoms with Crippen molar-refractivity contribution in [3.05, 3.63) is 58.1 Å². The van der Waals surface area contributed by atoms with Crippen molar-refractivity contribution in [1.29, 1.82) is 0 Å². The van der Waals surface area contributed by atoms with Crippen LogP contribution in [0.4, 0.5) is 9.52 Å². The number of halogens is 2. The van der Waals surface area contributed by atoms with Crippen LogP contribution in [0.1, 0.15) is 66.1 Å². The van der Waals surface area contributed by atoms with E-state index in [0.717, 1.165) is 59.7 Å². The summed E-state index contributed by atoms with van der Waals surface area (Å²) in [5.74, 6) is 0.110. The SMILES string of the molecule is COc1cc(C(=O)O)cc2sc(N3C4CC[C@H]3CC(OCc3c(-c5c(F)cccc5Cl)noc3C3CC3)C4)nc12. The van der Waals surface area contributed by atoms with E-state index in [1.165, 1.54) is 30.6 Å². The van der Waals surface area contributed by atoms with E-state index in [4.69, 9.17) is 30.6 Å². The molecule has 1 saturated carbocycles. The standard InChI is InChI=1S/C29H27ClFN3O5S/c1-37-22-9-15(28(35)36)10-23-26(22)32-29(40-23)34-16-7-8-17(34)12-18(11-16)38-13-19-25(33-39-27(19)14-5-6-14)24-20(30)3-2-4-21(24)31/h2-4,9-10,14,16-18H,5-8,11-13H2,1H3,(H,35,36)/t16-,17?,18?/m0/s1. The van der Waals surface area contributed by atoms with Crippen molar-refractivity contribution in [2.75, 3.05) is 12.0 Å². The minimum atomic E-state index is -0.994. The van der Waals surface area contributed by atoms with Gasteiger partial charge in [-0.05, 0) is 62.8 Å². The molecule has 0 radical (unpaired) electrons. The van der Waals surface area contributed by atoms with E-state index in [0.29, 0.717) is 27.9 Å². The van der Waals surface area contributed by atoms with Crippen LogP contribution in [-0.2, 0) is 11.3 Å². The Morgan fingerprint density at radius 1 is 1.23 bits per heavy atom. The van der Waals surface area contributed by atoms with E-state index >= 15 is 0 Å². The number of piperidine rings is 1. The van der Waals surface area contributed by atoms with Gasteiger partial charge in [-0.25, -0.2) is 14.2 Å². The average Bonchev–Trinajstić information content (AvgIpc) is 3.46. The van der Waals surface area contributed by atoms with Gasteiger partial charge in [-0.15, -0.1) is 0 Å². The number of fused-ring (bicyclic) bond motifs is 3. The molecule has 2 saturated heterocycles. The number of carbonyl (C=O) groups is 1. The number of thiazole rings is 1. The number of anilines is 1. The van der Waals surface area contributed by atoms with Crippen LogP contribution in [0.2, 0.25) is 5.02 Å². The van der Waals surface area contributed by atoms with Gasteiger partial charge in [0.1, 0.15) is 28.5 Å². The van der Waals surface area contributed by atoms with Gasteiger partial charge in [0.25, 0.3) is 0 Å². The second-order valence-corrected chi connectivity index (χ2v) is 12.2. The van der Waals surface area contributed by atoms with Gasteiger partial charge in [0, 0.05) is 23.6 Å². The molecule has 4 aromatic rings. The summed E-state index contributed by atoms with van der Waals surface area (Å²) in [5, 5.41) is 14.9. The van der Waals surface area contributed by atoms with Crippen molar-refractivity contribution >= 4 is 44.3 Å². The van der Waals surface area contributed by atoms with Crippen LogP contribution in [0.3, 0.4) is 0 Å². The topological polar surface area (TPSA) is 97.9 Å². The lowest BCUT2D eigenvalue weighted by Gasteiger charge is -2.38. The van der Waals surface area contributed by atoms with Gasteiger partial charge in [-0.1, -0.05) is 34.2 Å². The number of aromatic carboxylic acids is 1. The van der Waals surface area contributed by atoms with Gasteiger partial charge in [0.05, 0.1) is 40.7 Å². The highest BCUT2D eigenvalue weighted by Crippen LogP contribution is 2.47. The zero-order chi connectivity index (χ0) is 27.5. The predicted octanol–water partition coefficient (Wildman–Crippen LogP) is 7.04. The molecule has 2 aliphatic heterocycles. The van der Waals surface area contributed by atoms with E-state index in [1.54, 1.807) is 18.2 Å². The monoisotopic (exact) mass is 583 g/mol. The molecule has 3 fully saturated rings. The molecule has 1 N–H and O–H groups in total. The Bertz CT molecular complexity index is 1580. The summed E-state index contributed by atoms with van der Waals surface area (Å²) < 4.78 is 33.2. The number of methoxy groups -OCH3 is 1. The number of ether oxygens (including phenoxy) is 2. The zero-order valence-electron chi connectivity index (χ0n) is 21.7. The summed E-state index contributed by atoms with van der Waals surface area (Å²) >= 11 is 7.87. The maximum atomic E-state index is 14.8. The lowest BCUT2D eigenvalue weighted by Crippen LogP contribution is -2.45. The van der Waals surface area contributed by atoms with Crippen LogP contribution < -0.4 is 9.64 Å². The van der Waals surface area contributed by atoms with Crippen LogP contribution in [-0.4, -0.2) is 46.5 Å². The third kappa shape index (κ3) is 4.42. The number of benzene rings is 2. The fourth-order valence-corrected chi connectivity index (χ4v) is 7.62. The fourth-order valence-electron chi connectivity index (χ4n) is 6.20. The maximum absolute atomic E-state index is 14.8. The number of hydrogen-bond acceptors (Lipinski definition) is 8. The Labute approximate surface area is 238 Å². The Morgan fingerprint density at radius 3 is 2.67 bits per heavy atom. The van der Waals surface area contributed by atoms with Gasteiger partial charge in [-0.2, -0.15) is 0 Å². The molecule has 1 aliphatic carbocycles. The molecule has 0 amide bonds. The summed E-state index contributed by atoms with van der Waals surface area (Å²) in [6.45, 7) is 0.287. The molecular weight excluding hydrogens is 557 g/mol. The molecule has 3 atom stereocenters. The molecule has 2 aromatic heterocycles. The Kier molecular flexibility index (Phi) is 6.44. The zero-order valence-corrected chi connectivity index (χ0v) is 23.3. The third-order valence-corrected chi connectivity index (χ3v) is 9.59. The molecule has 2 bridgehead atoms. The summed E-state index contributed by atoms with van der Waals surface area (Å²) in [4.78, 5) is 18.8. The highest BCUT2D eigenvalue weighted by molar-refractivity contribution is 7.22. The highest BCUT2D eigenvalue weighted by atomic mass is 35.5. The predicted molar refractivity (Wildman–Crippen MR) is 149 cm³/mol. The molecule has 208 valence electrons. The van der Waals surface area contributed by atoms with Crippen molar-refractivity contribution in [3.63, 3.8) is 0 Å². The molecule has 40 heavy (non-hydrogen) atoms. The van der Waals surface area contributed by atoms with Crippen molar-refractivity contribution < 1.29 is 28.3 Å². The average molecular weight is 584 g/mol. The third-order valence-electron chi connectivity index (χ3n) is 8.26. The Hall–Kier alpha value is -3.21. The lowest BCUT2D eigenvalue weighted by atomic mass is 10.00. The Morgan fingerprint density at radius 2 is 2.00 bits per heavy atom.